The normalized spacial score (nSPS) is 16.4. The van der Waals surface area contributed by atoms with Crippen LogP contribution in [-0.4, -0.2) is 29.8 Å². The largest absolute Gasteiger partial charge is 0.349 e. The van der Waals surface area contributed by atoms with Crippen LogP contribution in [0.15, 0.2) is 41.8 Å². The number of benzene rings is 1. The lowest BCUT2D eigenvalue weighted by Crippen LogP contribution is -2.43. The summed E-state index contributed by atoms with van der Waals surface area (Å²) < 4.78 is 0. The molecule has 1 aliphatic heterocycles. The third-order valence-electron chi connectivity index (χ3n) is 5.35. The number of amides is 2. The van der Waals surface area contributed by atoms with E-state index >= 15 is 0 Å². The van der Waals surface area contributed by atoms with Crippen molar-refractivity contribution in [3.63, 3.8) is 0 Å². The quantitative estimate of drug-likeness (QED) is 0.819. The molecule has 1 aromatic carbocycles. The van der Waals surface area contributed by atoms with Crippen molar-refractivity contribution in [1.82, 2.24) is 10.2 Å². The summed E-state index contributed by atoms with van der Waals surface area (Å²) in [5, 5.41) is 5.07. The molecule has 2 heterocycles. The highest BCUT2D eigenvalue weighted by Gasteiger charge is 2.28. The molecule has 0 bridgehead atoms. The number of carbonyl (C=O) groups excluding carboxylic acids is 2. The average molecular weight is 385 g/mol. The molecule has 27 heavy (non-hydrogen) atoms. The number of thiophene rings is 1. The first-order valence-corrected chi connectivity index (χ1v) is 10.6. The summed E-state index contributed by atoms with van der Waals surface area (Å²) in [5.74, 6) is 0.668. The van der Waals surface area contributed by atoms with Crippen molar-refractivity contribution in [2.45, 2.75) is 45.6 Å². The molecule has 2 amide bonds. The first kappa shape index (κ1) is 19.6. The minimum absolute atomic E-state index is 0.00973. The summed E-state index contributed by atoms with van der Waals surface area (Å²) in [7, 11) is 0. The van der Waals surface area contributed by atoms with Gasteiger partial charge in [-0.3, -0.25) is 9.59 Å². The zero-order chi connectivity index (χ0) is 19.4. The van der Waals surface area contributed by atoms with Crippen LogP contribution in [0.25, 0.3) is 0 Å². The van der Waals surface area contributed by atoms with Gasteiger partial charge in [-0.1, -0.05) is 44.2 Å². The smallest absolute Gasteiger partial charge is 0.263 e. The van der Waals surface area contributed by atoms with Gasteiger partial charge in [-0.2, -0.15) is 0 Å². The molecule has 0 spiro atoms. The molecule has 0 saturated carbocycles. The zero-order valence-corrected chi connectivity index (χ0v) is 17.1. The molecule has 144 valence electrons. The molecule has 1 N–H and O–H groups in total. The minimum atomic E-state index is -0.0187. The molecule has 0 aliphatic carbocycles. The molecule has 1 unspecified atom stereocenters. The Labute approximate surface area is 165 Å². The minimum Gasteiger partial charge on any atom is -0.349 e. The Balaban J connectivity index is 1.51. The van der Waals surface area contributed by atoms with E-state index in [2.05, 4.69) is 43.4 Å². The summed E-state index contributed by atoms with van der Waals surface area (Å²) in [6.45, 7) is 7.67. The van der Waals surface area contributed by atoms with Gasteiger partial charge in [0.05, 0.1) is 10.9 Å². The van der Waals surface area contributed by atoms with E-state index in [1.807, 2.05) is 29.3 Å². The van der Waals surface area contributed by atoms with Crippen molar-refractivity contribution in [2.24, 2.45) is 5.92 Å². The number of carbonyl (C=O) groups is 2. The number of piperidine rings is 1. The zero-order valence-electron chi connectivity index (χ0n) is 16.3. The van der Waals surface area contributed by atoms with Crippen molar-refractivity contribution < 1.29 is 9.59 Å². The molecular formula is C22H28N2O2S. The second-order valence-electron chi connectivity index (χ2n) is 7.60. The van der Waals surface area contributed by atoms with Crippen LogP contribution in [-0.2, 0) is 4.79 Å². The molecule has 0 radical (unpaired) electrons. The van der Waals surface area contributed by atoms with E-state index in [4.69, 9.17) is 0 Å². The molecule has 1 saturated heterocycles. The summed E-state index contributed by atoms with van der Waals surface area (Å²) in [5.41, 5.74) is 2.43. The number of hydrogen-bond acceptors (Lipinski definition) is 3. The van der Waals surface area contributed by atoms with Gasteiger partial charge >= 0.3 is 0 Å². The summed E-state index contributed by atoms with van der Waals surface area (Å²) in [6, 6.07) is 12.2. The Bertz CT molecular complexity index is 760. The molecule has 5 heteroatoms. The van der Waals surface area contributed by atoms with Crippen LogP contribution in [0.2, 0.25) is 0 Å². The van der Waals surface area contributed by atoms with Gasteiger partial charge in [-0.05, 0) is 48.3 Å². The van der Waals surface area contributed by atoms with Gasteiger partial charge in [0.15, 0.2) is 0 Å². The van der Waals surface area contributed by atoms with Crippen molar-refractivity contribution in [1.29, 1.82) is 0 Å². The van der Waals surface area contributed by atoms with Crippen molar-refractivity contribution >= 4 is 23.2 Å². The second-order valence-corrected chi connectivity index (χ2v) is 8.54. The van der Waals surface area contributed by atoms with E-state index in [1.165, 1.54) is 16.9 Å². The van der Waals surface area contributed by atoms with E-state index in [1.54, 1.807) is 0 Å². The number of nitrogens with zero attached hydrogens (tertiary/aromatic N) is 1. The maximum Gasteiger partial charge on any atom is 0.263 e. The van der Waals surface area contributed by atoms with E-state index in [9.17, 15) is 9.59 Å². The van der Waals surface area contributed by atoms with E-state index in [0.29, 0.717) is 19.0 Å². The first-order chi connectivity index (χ1) is 13.0. The molecule has 3 rings (SSSR count). The molecular weight excluding hydrogens is 356 g/mol. The van der Waals surface area contributed by atoms with Crippen LogP contribution in [0.5, 0.6) is 0 Å². The maximum atomic E-state index is 12.6. The van der Waals surface area contributed by atoms with Gasteiger partial charge in [0.2, 0.25) is 5.91 Å². The number of rotatable bonds is 5. The van der Waals surface area contributed by atoms with E-state index < -0.39 is 0 Å². The number of likely N-dealkylation sites (tertiary alicyclic amines) is 1. The molecule has 1 atom stereocenters. The SMILES string of the molecule is CC(C)c1ccc(C(C)NC(=O)C2CCN(C(=O)c3cccs3)CC2)cc1. The monoisotopic (exact) mass is 384 g/mol. The fraction of sp³-hybridized carbons (Fsp3) is 0.455. The Hall–Kier alpha value is -2.14. The Morgan fingerprint density at radius 1 is 1.04 bits per heavy atom. The second kappa shape index (κ2) is 8.70. The summed E-state index contributed by atoms with van der Waals surface area (Å²) in [6.07, 6.45) is 1.45. The maximum absolute atomic E-state index is 12.6. The highest BCUT2D eigenvalue weighted by Crippen LogP contribution is 2.23. The standard InChI is InChI=1S/C22H28N2O2S/c1-15(2)17-6-8-18(9-7-17)16(3)23-21(25)19-10-12-24(13-11-19)22(26)20-5-4-14-27-20/h4-9,14-16,19H,10-13H2,1-3H3,(H,23,25). The topological polar surface area (TPSA) is 49.4 Å². The highest BCUT2D eigenvalue weighted by molar-refractivity contribution is 7.12. The first-order valence-electron chi connectivity index (χ1n) is 9.68. The van der Waals surface area contributed by atoms with E-state index in [-0.39, 0.29) is 23.8 Å². The fourth-order valence-electron chi connectivity index (χ4n) is 3.49. The Morgan fingerprint density at radius 3 is 2.22 bits per heavy atom. The third-order valence-corrected chi connectivity index (χ3v) is 6.20. The predicted octanol–water partition coefficient (Wildman–Crippen LogP) is 4.60. The van der Waals surface area contributed by atoms with Gasteiger partial charge in [0.1, 0.15) is 0 Å². The van der Waals surface area contributed by atoms with Crippen molar-refractivity contribution in [3.8, 4) is 0 Å². The van der Waals surface area contributed by atoms with Gasteiger partial charge in [0, 0.05) is 19.0 Å². The van der Waals surface area contributed by atoms with Crippen LogP contribution in [0.1, 0.15) is 66.4 Å². The molecule has 4 nitrogen and oxygen atoms in total. The number of nitrogens with one attached hydrogen (secondary N) is 1. The fourth-order valence-corrected chi connectivity index (χ4v) is 4.18. The lowest BCUT2D eigenvalue weighted by Gasteiger charge is -2.31. The molecule has 1 aromatic heterocycles. The highest BCUT2D eigenvalue weighted by atomic mass is 32.1. The van der Waals surface area contributed by atoms with Gasteiger partial charge in [0.25, 0.3) is 5.91 Å². The van der Waals surface area contributed by atoms with Crippen molar-refractivity contribution in [2.75, 3.05) is 13.1 Å². The van der Waals surface area contributed by atoms with Crippen molar-refractivity contribution in [3.05, 3.63) is 57.8 Å². The molecule has 1 fully saturated rings. The molecule has 1 aliphatic rings. The lowest BCUT2D eigenvalue weighted by atomic mass is 9.94. The lowest BCUT2D eigenvalue weighted by molar-refractivity contribution is -0.126. The van der Waals surface area contributed by atoms with Crippen LogP contribution in [0, 0.1) is 5.92 Å². The van der Waals surface area contributed by atoms with Crippen LogP contribution in [0.3, 0.4) is 0 Å². The third kappa shape index (κ3) is 4.78. The average Bonchev–Trinajstić information content (AvgIpc) is 3.22. The van der Waals surface area contributed by atoms with Crippen LogP contribution >= 0.6 is 11.3 Å². The summed E-state index contributed by atoms with van der Waals surface area (Å²) >= 11 is 1.47. The van der Waals surface area contributed by atoms with Crippen LogP contribution < -0.4 is 5.32 Å². The van der Waals surface area contributed by atoms with Gasteiger partial charge in [-0.15, -0.1) is 11.3 Å². The summed E-state index contributed by atoms with van der Waals surface area (Å²) in [4.78, 5) is 27.7. The Kier molecular flexibility index (Phi) is 6.32. The van der Waals surface area contributed by atoms with Gasteiger partial charge in [-0.25, -0.2) is 0 Å². The van der Waals surface area contributed by atoms with Crippen LogP contribution in [0.4, 0.5) is 0 Å². The van der Waals surface area contributed by atoms with Gasteiger partial charge < -0.3 is 10.2 Å². The van der Waals surface area contributed by atoms with E-state index in [0.717, 1.165) is 23.3 Å². The molecule has 2 aromatic rings. The Morgan fingerprint density at radius 2 is 1.67 bits per heavy atom. The number of hydrogen-bond donors (Lipinski definition) is 1. The predicted molar refractivity (Wildman–Crippen MR) is 110 cm³/mol.